The molecule has 68 valence electrons. The van der Waals surface area contributed by atoms with Crippen LogP contribution in [0.3, 0.4) is 0 Å². The molecule has 0 nitrogen and oxygen atoms in total. The van der Waals surface area contributed by atoms with E-state index in [0.29, 0.717) is 5.88 Å². The van der Waals surface area contributed by atoms with Crippen LogP contribution in [0.25, 0.3) is 10.1 Å². The Balaban J connectivity index is 2.64. The first-order chi connectivity index (χ1) is 6.33. The van der Waals surface area contributed by atoms with E-state index in [1.165, 1.54) is 20.5 Å². The lowest BCUT2D eigenvalue weighted by Crippen LogP contribution is -1.85. The van der Waals surface area contributed by atoms with E-state index in [1.807, 2.05) is 11.3 Å². The summed E-state index contributed by atoms with van der Waals surface area (Å²) in [5.74, 6) is 0.710. The molecule has 0 spiro atoms. The van der Waals surface area contributed by atoms with E-state index in [4.69, 9.17) is 11.6 Å². The number of rotatable bonds is 2. The average molecular weight is 211 g/mol. The molecule has 0 unspecified atom stereocenters. The second-order valence-electron chi connectivity index (χ2n) is 3.07. The van der Waals surface area contributed by atoms with Crippen molar-refractivity contribution in [2.45, 2.75) is 13.3 Å². The maximum atomic E-state index is 5.77. The van der Waals surface area contributed by atoms with Gasteiger partial charge in [0.1, 0.15) is 0 Å². The summed E-state index contributed by atoms with van der Waals surface area (Å²) in [4.78, 5) is 1.40. The molecule has 1 aromatic carbocycles. The molecular weight excluding hydrogens is 200 g/mol. The van der Waals surface area contributed by atoms with Crippen LogP contribution in [0, 0.1) is 6.92 Å². The van der Waals surface area contributed by atoms with Crippen LogP contribution in [0.5, 0.6) is 0 Å². The Labute approximate surface area is 87.2 Å². The molecule has 2 aromatic rings. The van der Waals surface area contributed by atoms with Crippen LogP contribution in [0.15, 0.2) is 24.3 Å². The van der Waals surface area contributed by atoms with Gasteiger partial charge in [0.05, 0.1) is 0 Å². The van der Waals surface area contributed by atoms with Gasteiger partial charge in [-0.05, 0) is 30.4 Å². The van der Waals surface area contributed by atoms with E-state index in [0.717, 1.165) is 6.42 Å². The summed E-state index contributed by atoms with van der Waals surface area (Å²) in [5.41, 5.74) is 1.43. The molecule has 0 saturated carbocycles. The molecule has 0 atom stereocenters. The Bertz CT molecular complexity index is 417. The highest BCUT2D eigenvalue weighted by Gasteiger charge is 2.06. The summed E-state index contributed by atoms with van der Waals surface area (Å²) >= 11 is 7.63. The SMILES string of the molecule is Cc1sc2ccccc2c1CCCl. The van der Waals surface area contributed by atoms with Crippen LogP contribution < -0.4 is 0 Å². The molecule has 0 N–H and O–H groups in total. The highest BCUT2D eigenvalue weighted by atomic mass is 35.5. The van der Waals surface area contributed by atoms with E-state index in [-0.39, 0.29) is 0 Å². The van der Waals surface area contributed by atoms with E-state index >= 15 is 0 Å². The fourth-order valence-corrected chi connectivity index (χ4v) is 2.93. The van der Waals surface area contributed by atoms with E-state index < -0.39 is 0 Å². The van der Waals surface area contributed by atoms with Gasteiger partial charge in [0.15, 0.2) is 0 Å². The first-order valence-corrected chi connectivity index (χ1v) is 5.71. The van der Waals surface area contributed by atoms with Gasteiger partial charge in [-0.2, -0.15) is 0 Å². The third-order valence-corrected chi connectivity index (χ3v) is 3.56. The summed E-state index contributed by atoms with van der Waals surface area (Å²) in [6.45, 7) is 2.17. The fourth-order valence-electron chi connectivity index (χ4n) is 1.63. The molecule has 2 heteroatoms. The van der Waals surface area contributed by atoms with Gasteiger partial charge in [0.25, 0.3) is 0 Å². The van der Waals surface area contributed by atoms with Gasteiger partial charge in [0.2, 0.25) is 0 Å². The van der Waals surface area contributed by atoms with Gasteiger partial charge in [0, 0.05) is 15.5 Å². The lowest BCUT2D eigenvalue weighted by atomic mass is 10.1. The van der Waals surface area contributed by atoms with Crippen LogP contribution in [0.4, 0.5) is 0 Å². The summed E-state index contributed by atoms with van der Waals surface area (Å²) in [6, 6.07) is 8.53. The number of aryl methyl sites for hydroxylation is 2. The van der Waals surface area contributed by atoms with Crippen molar-refractivity contribution >= 4 is 33.0 Å². The van der Waals surface area contributed by atoms with E-state index in [9.17, 15) is 0 Å². The molecular formula is C11H11ClS. The normalized spacial score (nSPS) is 10.9. The highest BCUT2D eigenvalue weighted by Crippen LogP contribution is 2.30. The Hall–Kier alpha value is -0.530. The standard InChI is InChI=1S/C11H11ClS/c1-8-9(6-7-12)10-4-2-3-5-11(10)13-8/h2-5H,6-7H2,1H3. The van der Waals surface area contributed by atoms with Gasteiger partial charge >= 0.3 is 0 Å². The van der Waals surface area contributed by atoms with Gasteiger partial charge in [-0.25, -0.2) is 0 Å². The topological polar surface area (TPSA) is 0 Å². The molecule has 1 heterocycles. The molecule has 0 aliphatic heterocycles. The lowest BCUT2D eigenvalue weighted by Gasteiger charge is -1.96. The number of fused-ring (bicyclic) bond motifs is 1. The Morgan fingerprint density at radius 1 is 1.31 bits per heavy atom. The quantitative estimate of drug-likeness (QED) is 0.658. The molecule has 1 aromatic heterocycles. The zero-order chi connectivity index (χ0) is 9.26. The maximum Gasteiger partial charge on any atom is 0.0348 e. The van der Waals surface area contributed by atoms with Crippen molar-refractivity contribution in [1.29, 1.82) is 0 Å². The van der Waals surface area contributed by atoms with Crippen molar-refractivity contribution in [3.63, 3.8) is 0 Å². The van der Waals surface area contributed by atoms with Crippen molar-refractivity contribution in [1.82, 2.24) is 0 Å². The van der Waals surface area contributed by atoms with Crippen LogP contribution in [0.1, 0.15) is 10.4 Å². The Morgan fingerprint density at radius 2 is 2.08 bits per heavy atom. The fraction of sp³-hybridized carbons (Fsp3) is 0.273. The van der Waals surface area contributed by atoms with Gasteiger partial charge in [-0.1, -0.05) is 18.2 Å². The number of benzene rings is 1. The lowest BCUT2D eigenvalue weighted by molar-refractivity contribution is 1.16. The van der Waals surface area contributed by atoms with Crippen LogP contribution >= 0.6 is 22.9 Å². The smallest absolute Gasteiger partial charge is 0.0348 e. The summed E-state index contributed by atoms with van der Waals surface area (Å²) < 4.78 is 1.38. The number of halogens is 1. The monoisotopic (exact) mass is 210 g/mol. The zero-order valence-corrected chi connectivity index (χ0v) is 9.08. The third-order valence-electron chi connectivity index (χ3n) is 2.24. The molecule has 0 fully saturated rings. The Morgan fingerprint density at radius 3 is 2.85 bits per heavy atom. The third kappa shape index (κ3) is 1.59. The Kier molecular flexibility index (Phi) is 2.56. The summed E-state index contributed by atoms with van der Waals surface area (Å²) in [7, 11) is 0. The predicted octanol–water partition coefficient (Wildman–Crippen LogP) is 3.99. The first kappa shape index (κ1) is 9.04. The van der Waals surface area contributed by atoms with E-state index in [1.54, 1.807) is 0 Å². The molecule has 0 aliphatic carbocycles. The van der Waals surface area contributed by atoms with Crippen molar-refractivity contribution in [3.05, 3.63) is 34.7 Å². The second-order valence-corrected chi connectivity index (χ2v) is 4.71. The van der Waals surface area contributed by atoms with Crippen LogP contribution in [-0.4, -0.2) is 5.88 Å². The minimum atomic E-state index is 0.710. The van der Waals surface area contributed by atoms with Gasteiger partial charge < -0.3 is 0 Å². The number of hydrogen-bond donors (Lipinski definition) is 0. The largest absolute Gasteiger partial charge is 0.140 e. The number of thiophene rings is 1. The van der Waals surface area contributed by atoms with Crippen molar-refractivity contribution in [3.8, 4) is 0 Å². The molecule has 0 bridgehead atoms. The average Bonchev–Trinajstić information content (AvgIpc) is 2.44. The highest BCUT2D eigenvalue weighted by molar-refractivity contribution is 7.19. The number of alkyl halides is 1. The molecule has 0 radical (unpaired) electrons. The van der Waals surface area contributed by atoms with Crippen molar-refractivity contribution in [2.24, 2.45) is 0 Å². The zero-order valence-electron chi connectivity index (χ0n) is 7.51. The van der Waals surface area contributed by atoms with Gasteiger partial charge in [-0.15, -0.1) is 22.9 Å². The summed E-state index contributed by atoms with van der Waals surface area (Å²) in [5, 5.41) is 1.38. The minimum Gasteiger partial charge on any atom is -0.140 e. The summed E-state index contributed by atoms with van der Waals surface area (Å²) in [6.07, 6.45) is 0.984. The van der Waals surface area contributed by atoms with Crippen molar-refractivity contribution in [2.75, 3.05) is 5.88 Å². The van der Waals surface area contributed by atoms with Gasteiger partial charge in [-0.3, -0.25) is 0 Å². The second kappa shape index (κ2) is 3.69. The van der Waals surface area contributed by atoms with Crippen LogP contribution in [0.2, 0.25) is 0 Å². The number of hydrogen-bond acceptors (Lipinski definition) is 1. The molecule has 2 rings (SSSR count). The first-order valence-electron chi connectivity index (χ1n) is 4.36. The van der Waals surface area contributed by atoms with Crippen LogP contribution in [-0.2, 0) is 6.42 Å². The van der Waals surface area contributed by atoms with E-state index in [2.05, 4.69) is 31.2 Å². The molecule has 0 amide bonds. The van der Waals surface area contributed by atoms with Crippen molar-refractivity contribution < 1.29 is 0 Å². The molecule has 0 saturated heterocycles. The predicted molar refractivity (Wildman–Crippen MR) is 61.0 cm³/mol. The molecule has 13 heavy (non-hydrogen) atoms. The molecule has 0 aliphatic rings. The maximum absolute atomic E-state index is 5.77. The minimum absolute atomic E-state index is 0.710.